The van der Waals surface area contributed by atoms with Gasteiger partial charge in [-0.2, -0.15) is 0 Å². The zero-order chi connectivity index (χ0) is 11.1. The van der Waals surface area contributed by atoms with Crippen LogP contribution in [0.1, 0.15) is 5.56 Å². The molecule has 0 spiro atoms. The van der Waals surface area contributed by atoms with E-state index < -0.39 is 12.2 Å². The summed E-state index contributed by atoms with van der Waals surface area (Å²) >= 11 is 2.03. The lowest BCUT2D eigenvalue weighted by Crippen LogP contribution is -2.31. The Hall–Kier alpha value is -0.170. The van der Waals surface area contributed by atoms with Crippen LogP contribution in [0.15, 0.2) is 30.3 Å². The first-order valence-electron chi connectivity index (χ1n) is 4.78. The minimum Gasteiger partial charge on any atom is -0.390 e. The van der Waals surface area contributed by atoms with Crippen molar-refractivity contribution in [3.63, 3.8) is 0 Å². The number of aliphatic hydroxyl groups is 2. The molecule has 0 radical (unpaired) electrons. The molecule has 0 aliphatic rings. The van der Waals surface area contributed by atoms with E-state index in [1.807, 2.05) is 52.9 Å². The van der Waals surface area contributed by atoms with E-state index in [4.69, 9.17) is 4.74 Å². The average molecular weight is 322 g/mol. The van der Waals surface area contributed by atoms with Gasteiger partial charge in [-0.25, -0.2) is 0 Å². The van der Waals surface area contributed by atoms with E-state index in [2.05, 4.69) is 0 Å². The van der Waals surface area contributed by atoms with E-state index in [0.717, 1.165) is 5.56 Å². The molecule has 0 amide bonds. The number of ether oxygens (including phenoxy) is 1. The molecular formula is C11H15IO3. The van der Waals surface area contributed by atoms with Crippen LogP contribution in [0.25, 0.3) is 0 Å². The lowest BCUT2D eigenvalue weighted by atomic mass is 10.2. The van der Waals surface area contributed by atoms with Crippen LogP contribution in [0.2, 0.25) is 0 Å². The van der Waals surface area contributed by atoms with Gasteiger partial charge in [-0.15, -0.1) is 0 Å². The van der Waals surface area contributed by atoms with Gasteiger partial charge in [0.15, 0.2) is 0 Å². The van der Waals surface area contributed by atoms with Gasteiger partial charge in [-0.05, 0) is 5.56 Å². The summed E-state index contributed by atoms with van der Waals surface area (Å²) in [6.45, 7) is 0.630. The molecule has 15 heavy (non-hydrogen) atoms. The standard InChI is InChI=1S/C11H15IO3/c12-6-10(13)11(14)8-15-7-9-4-2-1-3-5-9/h1-5,10-11,13-14H,6-8H2/t10-,11-/m1/s1. The van der Waals surface area contributed by atoms with Gasteiger partial charge in [0.1, 0.15) is 6.10 Å². The number of aliphatic hydroxyl groups excluding tert-OH is 2. The number of rotatable bonds is 6. The third kappa shape index (κ3) is 4.92. The molecule has 0 aliphatic carbocycles. The molecule has 2 atom stereocenters. The largest absolute Gasteiger partial charge is 0.390 e. The number of halogens is 1. The van der Waals surface area contributed by atoms with Crippen LogP contribution in [0.3, 0.4) is 0 Å². The van der Waals surface area contributed by atoms with Gasteiger partial charge in [-0.3, -0.25) is 0 Å². The van der Waals surface area contributed by atoms with E-state index in [1.165, 1.54) is 0 Å². The van der Waals surface area contributed by atoms with Crippen LogP contribution >= 0.6 is 22.6 Å². The fourth-order valence-electron chi connectivity index (χ4n) is 1.09. The minimum atomic E-state index is -0.800. The molecular weight excluding hydrogens is 307 g/mol. The molecule has 0 saturated heterocycles. The Labute approximate surface area is 103 Å². The third-order valence-corrected chi connectivity index (χ3v) is 2.90. The van der Waals surface area contributed by atoms with E-state index in [1.54, 1.807) is 0 Å². The molecule has 0 heterocycles. The van der Waals surface area contributed by atoms with Crippen LogP contribution in [0.5, 0.6) is 0 Å². The Balaban J connectivity index is 2.22. The molecule has 0 saturated carbocycles. The average Bonchev–Trinajstić information content (AvgIpc) is 2.29. The fraction of sp³-hybridized carbons (Fsp3) is 0.455. The topological polar surface area (TPSA) is 49.7 Å². The first kappa shape index (κ1) is 12.9. The van der Waals surface area contributed by atoms with Gasteiger partial charge in [0, 0.05) is 4.43 Å². The van der Waals surface area contributed by atoms with Crippen LogP contribution in [0, 0.1) is 0 Å². The van der Waals surface area contributed by atoms with Crippen molar-refractivity contribution < 1.29 is 14.9 Å². The van der Waals surface area contributed by atoms with Crippen LogP contribution in [-0.4, -0.2) is 33.5 Å². The monoisotopic (exact) mass is 322 g/mol. The lowest BCUT2D eigenvalue weighted by molar-refractivity contribution is -0.0321. The van der Waals surface area contributed by atoms with Crippen molar-refractivity contribution in [1.29, 1.82) is 0 Å². The maximum absolute atomic E-state index is 9.42. The third-order valence-electron chi connectivity index (χ3n) is 2.00. The Morgan fingerprint density at radius 1 is 1.13 bits per heavy atom. The summed E-state index contributed by atoms with van der Waals surface area (Å²) in [7, 11) is 0. The molecule has 1 rings (SSSR count). The molecule has 1 aromatic carbocycles. The SMILES string of the molecule is O[C@H](CI)[C@H](O)COCc1ccccc1. The Morgan fingerprint density at radius 2 is 1.80 bits per heavy atom. The second-order valence-electron chi connectivity index (χ2n) is 3.29. The zero-order valence-corrected chi connectivity index (χ0v) is 10.5. The molecule has 4 heteroatoms. The maximum atomic E-state index is 9.42. The Morgan fingerprint density at radius 3 is 2.40 bits per heavy atom. The summed E-state index contributed by atoms with van der Waals surface area (Å²) in [6.07, 6.45) is -1.51. The van der Waals surface area contributed by atoms with E-state index in [9.17, 15) is 10.2 Å². The Bertz CT molecular complexity index is 266. The van der Waals surface area contributed by atoms with Crippen molar-refractivity contribution in [2.24, 2.45) is 0 Å². The molecule has 0 aliphatic heterocycles. The van der Waals surface area contributed by atoms with Crippen LogP contribution in [0.4, 0.5) is 0 Å². The van der Waals surface area contributed by atoms with E-state index in [-0.39, 0.29) is 6.61 Å². The highest BCUT2D eigenvalue weighted by Crippen LogP contribution is 2.03. The predicted octanol–water partition coefficient (Wildman–Crippen LogP) is 1.36. The lowest BCUT2D eigenvalue weighted by Gasteiger charge is -2.15. The first-order valence-corrected chi connectivity index (χ1v) is 6.30. The minimum absolute atomic E-state index is 0.166. The molecule has 0 aromatic heterocycles. The highest BCUT2D eigenvalue weighted by Gasteiger charge is 2.14. The molecule has 0 fully saturated rings. The normalized spacial score (nSPS) is 14.9. The number of hydrogen-bond donors (Lipinski definition) is 2. The van der Waals surface area contributed by atoms with Crippen molar-refractivity contribution >= 4 is 22.6 Å². The zero-order valence-electron chi connectivity index (χ0n) is 8.34. The van der Waals surface area contributed by atoms with Crippen LogP contribution < -0.4 is 0 Å². The van der Waals surface area contributed by atoms with Crippen molar-refractivity contribution in [1.82, 2.24) is 0 Å². The molecule has 84 valence electrons. The summed E-state index contributed by atoms with van der Waals surface area (Å²) in [5.41, 5.74) is 1.06. The van der Waals surface area contributed by atoms with Gasteiger partial charge in [0.25, 0.3) is 0 Å². The van der Waals surface area contributed by atoms with Gasteiger partial charge in [0.05, 0.1) is 19.3 Å². The smallest absolute Gasteiger partial charge is 0.104 e. The highest BCUT2D eigenvalue weighted by molar-refractivity contribution is 14.1. The number of hydrogen-bond acceptors (Lipinski definition) is 3. The number of benzene rings is 1. The summed E-state index contributed by atoms with van der Waals surface area (Å²) in [5, 5.41) is 18.7. The predicted molar refractivity (Wildman–Crippen MR) is 67.0 cm³/mol. The van der Waals surface area contributed by atoms with Crippen molar-refractivity contribution in [3.05, 3.63) is 35.9 Å². The van der Waals surface area contributed by atoms with Crippen LogP contribution in [-0.2, 0) is 11.3 Å². The van der Waals surface area contributed by atoms with Gasteiger partial charge >= 0.3 is 0 Å². The molecule has 1 aromatic rings. The van der Waals surface area contributed by atoms with E-state index >= 15 is 0 Å². The number of alkyl halides is 1. The molecule has 0 bridgehead atoms. The summed E-state index contributed by atoms with van der Waals surface area (Å²) < 4.78 is 5.80. The molecule has 3 nitrogen and oxygen atoms in total. The van der Waals surface area contributed by atoms with Gasteiger partial charge in [-0.1, -0.05) is 52.9 Å². The quantitative estimate of drug-likeness (QED) is 0.614. The first-order chi connectivity index (χ1) is 7.24. The molecule has 0 unspecified atom stereocenters. The summed E-state index contributed by atoms with van der Waals surface area (Å²) in [5.74, 6) is 0. The van der Waals surface area contributed by atoms with Crippen molar-refractivity contribution in [2.45, 2.75) is 18.8 Å². The molecule has 2 N–H and O–H groups in total. The Kier molecular flexibility index (Phi) is 6.16. The van der Waals surface area contributed by atoms with Crippen molar-refractivity contribution in [3.8, 4) is 0 Å². The summed E-state index contributed by atoms with van der Waals surface area (Å²) in [6, 6.07) is 9.74. The van der Waals surface area contributed by atoms with Crippen molar-refractivity contribution in [2.75, 3.05) is 11.0 Å². The summed E-state index contributed by atoms with van der Waals surface area (Å²) in [4.78, 5) is 0. The highest BCUT2D eigenvalue weighted by atomic mass is 127. The van der Waals surface area contributed by atoms with E-state index in [0.29, 0.717) is 11.0 Å². The maximum Gasteiger partial charge on any atom is 0.104 e. The second-order valence-corrected chi connectivity index (χ2v) is 4.17. The fourth-order valence-corrected chi connectivity index (χ4v) is 1.67. The van der Waals surface area contributed by atoms with Gasteiger partial charge in [0.2, 0.25) is 0 Å². The van der Waals surface area contributed by atoms with Gasteiger partial charge < -0.3 is 14.9 Å². The second kappa shape index (κ2) is 7.16.